The van der Waals surface area contributed by atoms with Gasteiger partial charge in [-0.25, -0.2) is 4.57 Å². The lowest BCUT2D eigenvalue weighted by Crippen LogP contribution is -2.29. The van der Waals surface area contributed by atoms with Gasteiger partial charge in [0.1, 0.15) is 12.4 Å². The van der Waals surface area contributed by atoms with Crippen LogP contribution in [-0.2, 0) is 37.5 Å². The Morgan fingerprint density at radius 1 is 0.804 bits per heavy atom. The van der Waals surface area contributed by atoms with Gasteiger partial charge in [0.25, 0.3) is 0 Å². The molecule has 0 radical (unpaired) electrons. The number of esters is 2. The normalized spacial score (nSPS) is 19.6. The second kappa shape index (κ2) is 33.8. The molecule has 5 N–H and O–H groups in total. The highest BCUT2D eigenvalue weighted by atomic mass is 31.2. The molecule has 1 aliphatic rings. The van der Waals surface area contributed by atoms with Crippen LogP contribution in [0.4, 0.5) is 0 Å². The Balaban J connectivity index is 2.43. The molecule has 0 heterocycles. The van der Waals surface area contributed by atoms with Gasteiger partial charge < -0.3 is 30.3 Å². The van der Waals surface area contributed by atoms with Crippen LogP contribution >= 0.6 is 7.82 Å². The molecule has 56 heavy (non-hydrogen) atoms. The van der Waals surface area contributed by atoms with Crippen LogP contribution in [0.3, 0.4) is 0 Å². The molecule has 0 aromatic rings. The molecule has 0 aliphatic heterocycles. The van der Waals surface area contributed by atoms with Crippen LogP contribution in [-0.4, -0.2) is 77.5 Å². The smallest absolute Gasteiger partial charge is 0.462 e. The van der Waals surface area contributed by atoms with Crippen molar-refractivity contribution >= 4 is 25.5 Å². The monoisotopic (exact) mass is 814 g/mol. The molecule has 0 aromatic carbocycles. The number of hydrogen-bond acceptors (Lipinski definition) is 11. The third kappa shape index (κ3) is 27.5. The zero-order valence-electron chi connectivity index (χ0n) is 34.6. The van der Waals surface area contributed by atoms with E-state index < -0.39 is 50.6 Å². The molecule has 1 rings (SSSR count). The quantitative estimate of drug-likeness (QED) is 0.0204. The lowest BCUT2D eigenvalue weighted by atomic mass is 9.90. The van der Waals surface area contributed by atoms with Crippen LogP contribution in [0.1, 0.15) is 162 Å². The first-order chi connectivity index (χ1) is 27.0. The largest absolute Gasteiger partial charge is 0.472 e. The first-order valence-electron chi connectivity index (χ1n) is 21.6. The minimum Gasteiger partial charge on any atom is -0.462 e. The predicted molar refractivity (Wildman–Crippen MR) is 221 cm³/mol. The lowest BCUT2D eigenvalue weighted by molar-refractivity contribution is -0.161. The van der Waals surface area contributed by atoms with Crippen LogP contribution in [0.5, 0.6) is 0 Å². The number of ether oxygens (including phenoxy) is 2. The van der Waals surface area contributed by atoms with E-state index >= 15 is 0 Å². The molecule has 1 fully saturated rings. The van der Waals surface area contributed by atoms with Gasteiger partial charge in [-0.05, 0) is 57.8 Å². The molecule has 13 heteroatoms. The summed E-state index contributed by atoms with van der Waals surface area (Å²) >= 11 is 0. The van der Waals surface area contributed by atoms with Crippen molar-refractivity contribution in [1.29, 1.82) is 0 Å². The summed E-state index contributed by atoms with van der Waals surface area (Å²) in [7, 11) is -4.45. The third-order valence-corrected chi connectivity index (χ3v) is 10.9. The van der Waals surface area contributed by atoms with Crippen LogP contribution < -0.4 is 5.73 Å². The summed E-state index contributed by atoms with van der Waals surface area (Å²) in [6, 6.07) is 0. The lowest BCUT2D eigenvalue weighted by Gasteiger charge is -2.19. The van der Waals surface area contributed by atoms with Crippen molar-refractivity contribution in [2.24, 2.45) is 17.6 Å². The van der Waals surface area contributed by atoms with E-state index in [1.54, 1.807) is 12.2 Å². The summed E-state index contributed by atoms with van der Waals surface area (Å²) in [4.78, 5) is 47.5. The molecule has 0 spiro atoms. The van der Waals surface area contributed by atoms with Crippen molar-refractivity contribution in [2.75, 3.05) is 26.4 Å². The number of phosphoric ester groups is 1. The molecule has 1 unspecified atom stereocenters. The summed E-state index contributed by atoms with van der Waals surface area (Å²) in [5, 5.41) is 20.7. The fraction of sp³-hybridized carbons (Fsp3) is 0.791. The summed E-state index contributed by atoms with van der Waals surface area (Å²) in [6.45, 7) is 3.29. The average molecular weight is 814 g/mol. The Hall–Kier alpha value is -2.18. The second-order valence-corrected chi connectivity index (χ2v) is 16.4. The molecule has 324 valence electrons. The summed E-state index contributed by atoms with van der Waals surface area (Å²) in [5.41, 5.74) is 5.34. The number of hydrogen-bond donors (Lipinski definition) is 4. The van der Waals surface area contributed by atoms with E-state index in [4.69, 9.17) is 24.3 Å². The molecule has 0 amide bonds. The van der Waals surface area contributed by atoms with Gasteiger partial charge in [-0.15, -0.1) is 0 Å². The van der Waals surface area contributed by atoms with E-state index in [0.29, 0.717) is 32.1 Å². The van der Waals surface area contributed by atoms with Crippen molar-refractivity contribution in [2.45, 2.75) is 180 Å². The van der Waals surface area contributed by atoms with Crippen LogP contribution in [0, 0.1) is 11.8 Å². The van der Waals surface area contributed by atoms with Gasteiger partial charge in [0, 0.05) is 37.6 Å². The second-order valence-electron chi connectivity index (χ2n) is 15.0. The summed E-state index contributed by atoms with van der Waals surface area (Å²) in [5.74, 6) is -1.79. The van der Waals surface area contributed by atoms with Gasteiger partial charge in [-0.3, -0.25) is 23.4 Å². The predicted octanol–water partition coefficient (Wildman–Crippen LogP) is 8.75. The van der Waals surface area contributed by atoms with E-state index in [2.05, 4.69) is 26.0 Å². The fourth-order valence-corrected chi connectivity index (χ4v) is 7.32. The summed E-state index contributed by atoms with van der Waals surface area (Å²) in [6.07, 6.45) is 29.7. The molecular formula is C43H76NO11P. The minimum atomic E-state index is -4.45. The SMILES string of the molecule is CCCCCC/C=C\CCCCCCCCCC(=O)OC[C@H](COP(=O)(O)OCCN)OC(=O)CCC/C=C\C[C@H]1[C@@H](O)CC(=O)[C@@H]1/C=C/[C@@H](O)CCCCC. The number of ketones is 1. The molecule has 12 nitrogen and oxygen atoms in total. The highest BCUT2D eigenvalue weighted by Crippen LogP contribution is 2.43. The Bertz CT molecular complexity index is 1180. The van der Waals surface area contributed by atoms with Crippen molar-refractivity contribution < 1.29 is 52.6 Å². The van der Waals surface area contributed by atoms with E-state index in [1.165, 1.54) is 51.4 Å². The topological polar surface area (TPSA) is 192 Å². The van der Waals surface area contributed by atoms with Gasteiger partial charge in [-0.1, -0.05) is 121 Å². The van der Waals surface area contributed by atoms with Crippen molar-refractivity contribution in [3.63, 3.8) is 0 Å². The standard InChI is InChI=1S/C43H76NO11P/c1-3-5-7-8-9-10-11-12-13-14-15-16-17-18-23-27-42(48)52-34-37(35-54-56(50,51)53-32-31-44)55-43(49)28-24-20-19-22-26-38-39(41(47)33-40(38)46)30-29-36(45)25-21-6-4-2/h10-11,19,22,29-30,36-40,45-46H,3-9,12-18,20-21,23-28,31-35,44H2,1-2H3,(H,50,51)/b11-10-,22-19-,30-29+/t36-,37+,38+,39+,40-/m0/s1. The van der Waals surface area contributed by atoms with Crippen LogP contribution in [0.15, 0.2) is 36.5 Å². The number of nitrogens with two attached hydrogens (primary N) is 1. The molecular weight excluding hydrogens is 737 g/mol. The van der Waals surface area contributed by atoms with Gasteiger partial charge in [0.2, 0.25) is 0 Å². The maximum atomic E-state index is 12.7. The number of aliphatic hydroxyl groups is 2. The van der Waals surface area contributed by atoms with Gasteiger partial charge >= 0.3 is 19.8 Å². The highest BCUT2D eigenvalue weighted by Gasteiger charge is 2.39. The molecule has 0 saturated heterocycles. The molecule has 1 saturated carbocycles. The number of Topliss-reactive ketones (excluding diaryl/α,β-unsaturated/α-hetero) is 1. The number of carbonyl (C=O) groups excluding carboxylic acids is 3. The number of phosphoric acid groups is 1. The van der Waals surface area contributed by atoms with Crippen molar-refractivity contribution in [3.05, 3.63) is 36.5 Å². The van der Waals surface area contributed by atoms with E-state index in [1.807, 2.05) is 12.2 Å². The number of carbonyl (C=O) groups is 3. The average Bonchev–Trinajstić information content (AvgIpc) is 3.44. The van der Waals surface area contributed by atoms with Crippen molar-refractivity contribution in [1.82, 2.24) is 0 Å². The Morgan fingerprint density at radius 3 is 2.07 bits per heavy atom. The first kappa shape index (κ1) is 51.8. The molecule has 1 aliphatic carbocycles. The molecule has 6 atom stereocenters. The number of aliphatic hydroxyl groups excluding tert-OH is 2. The number of rotatable bonds is 36. The highest BCUT2D eigenvalue weighted by molar-refractivity contribution is 7.47. The van der Waals surface area contributed by atoms with Crippen LogP contribution in [0.25, 0.3) is 0 Å². The Labute approximate surface area is 337 Å². The Morgan fingerprint density at radius 2 is 1.39 bits per heavy atom. The minimum absolute atomic E-state index is 0.00953. The summed E-state index contributed by atoms with van der Waals surface area (Å²) < 4.78 is 32.7. The zero-order valence-corrected chi connectivity index (χ0v) is 35.5. The van der Waals surface area contributed by atoms with Gasteiger partial charge in [0.15, 0.2) is 6.10 Å². The van der Waals surface area contributed by atoms with Crippen molar-refractivity contribution in [3.8, 4) is 0 Å². The Kier molecular flexibility index (Phi) is 31.2. The zero-order chi connectivity index (χ0) is 41.3. The van der Waals surface area contributed by atoms with Gasteiger partial charge in [-0.2, -0.15) is 0 Å². The number of allylic oxidation sites excluding steroid dienone is 5. The maximum absolute atomic E-state index is 12.7. The van der Waals surface area contributed by atoms with E-state index in [9.17, 15) is 34.1 Å². The van der Waals surface area contributed by atoms with E-state index in [0.717, 1.165) is 44.9 Å². The maximum Gasteiger partial charge on any atom is 0.472 e. The number of unbranched alkanes of at least 4 members (excludes halogenated alkanes) is 14. The molecule has 0 aromatic heterocycles. The fourth-order valence-electron chi connectivity index (χ4n) is 6.55. The van der Waals surface area contributed by atoms with E-state index in [-0.39, 0.29) is 50.7 Å². The molecule has 0 bridgehead atoms. The van der Waals surface area contributed by atoms with Crippen LogP contribution in [0.2, 0.25) is 0 Å². The first-order valence-corrected chi connectivity index (χ1v) is 23.1. The third-order valence-electron chi connectivity index (χ3n) is 9.88. The van der Waals surface area contributed by atoms with Gasteiger partial charge in [0.05, 0.1) is 25.4 Å².